The third-order valence-electron chi connectivity index (χ3n) is 6.19. The molecule has 224 valence electrons. The first-order valence-electron chi connectivity index (χ1n) is 11.7. The molecule has 41 heavy (non-hydrogen) atoms. The van der Waals surface area contributed by atoms with Crippen molar-refractivity contribution in [2.75, 3.05) is 13.2 Å². The minimum absolute atomic E-state index is 0.00603. The number of ether oxygens (including phenoxy) is 2. The monoisotopic (exact) mass is 614 g/mol. The molecule has 1 aliphatic heterocycles. The maximum absolute atomic E-state index is 13.7. The fourth-order valence-corrected chi connectivity index (χ4v) is 4.81. The van der Waals surface area contributed by atoms with E-state index in [9.17, 15) is 49.9 Å². The standard InChI is InChI=1S/C23H22F7N4O6P/c1-12(14-8-15(22(25,26)27)10-16(9-14)23(28,29)30)40-20-19(13-2-4-17(24)5-3-13)33(6-7-39-20)11-18-31-21(35)34(32-18)41(36,37)38/h2-5,8-10,12,19-20H,6-7,11H2,1H3,(H,31,32,35)(H2,36,37,38). The lowest BCUT2D eigenvalue weighted by Crippen LogP contribution is -2.46. The van der Waals surface area contributed by atoms with E-state index in [-0.39, 0.29) is 36.0 Å². The maximum Gasteiger partial charge on any atom is 0.454 e. The lowest BCUT2D eigenvalue weighted by molar-refractivity contribution is -0.231. The lowest BCUT2D eigenvalue weighted by atomic mass is 10.0. The number of halogens is 7. The zero-order chi connectivity index (χ0) is 30.3. The number of rotatable bonds is 7. The zero-order valence-corrected chi connectivity index (χ0v) is 21.8. The van der Waals surface area contributed by atoms with Crippen LogP contribution in [0.25, 0.3) is 0 Å². The number of nitrogens with one attached hydrogen (secondary N) is 1. The highest BCUT2D eigenvalue weighted by molar-refractivity contribution is 7.49. The second kappa shape index (κ2) is 11.3. The van der Waals surface area contributed by atoms with E-state index >= 15 is 0 Å². The van der Waals surface area contributed by atoms with Gasteiger partial charge in [-0.1, -0.05) is 12.1 Å². The van der Waals surface area contributed by atoms with Crippen molar-refractivity contribution >= 4 is 7.75 Å². The second-order valence-electron chi connectivity index (χ2n) is 9.10. The van der Waals surface area contributed by atoms with E-state index in [0.29, 0.717) is 17.7 Å². The largest absolute Gasteiger partial charge is 0.454 e. The molecule has 0 bridgehead atoms. The molecule has 1 saturated heterocycles. The molecule has 10 nitrogen and oxygen atoms in total. The second-order valence-corrected chi connectivity index (χ2v) is 10.5. The number of hydrogen-bond donors (Lipinski definition) is 3. The van der Waals surface area contributed by atoms with Crippen molar-refractivity contribution in [2.24, 2.45) is 0 Å². The summed E-state index contributed by atoms with van der Waals surface area (Å²) in [5.74, 6) is -0.775. The number of alkyl halides is 6. The summed E-state index contributed by atoms with van der Waals surface area (Å²) in [7, 11) is -5.07. The Morgan fingerprint density at radius 2 is 1.68 bits per heavy atom. The predicted octanol–water partition coefficient (Wildman–Crippen LogP) is 4.37. The van der Waals surface area contributed by atoms with Crippen LogP contribution >= 0.6 is 7.75 Å². The van der Waals surface area contributed by atoms with Crippen LogP contribution < -0.4 is 5.69 Å². The first kappa shape index (κ1) is 30.9. The van der Waals surface area contributed by atoms with Crippen LogP contribution in [0.3, 0.4) is 0 Å². The van der Waals surface area contributed by atoms with Gasteiger partial charge in [0.1, 0.15) is 11.6 Å². The Hall–Kier alpha value is -3.08. The molecule has 3 unspecified atom stereocenters. The highest BCUT2D eigenvalue weighted by Gasteiger charge is 2.39. The first-order chi connectivity index (χ1) is 18.9. The van der Waals surface area contributed by atoms with Crippen molar-refractivity contribution in [3.8, 4) is 0 Å². The van der Waals surface area contributed by atoms with Crippen molar-refractivity contribution in [1.82, 2.24) is 19.4 Å². The summed E-state index contributed by atoms with van der Waals surface area (Å²) in [6.07, 6.45) is -12.8. The van der Waals surface area contributed by atoms with Crippen LogP contribution in [0.1, 0.15) is 47.1 Å². The Morgan fingerprint density at radius 3 is 2.20 bits per heavy atom. The molecular formula is C23H22F7N4O6P. The molecule has 18 heteroatoms. The van der Waals surface area contributed by atoms with Crippen LogP contribution in [0.2, 0.25) is 0 Å². The Labute approximate surface area is 226 Å². The summed E-state index contributed by atoms with van der Waals surface area (Å²) in [6, 6.07) is 5.01. The number of morpholine rings is 1. The fourth-order valence-electron chi connectivity index (χ4n) is 4.30. The molecule has 3 N–H and O–H groups in total. The summed E-state index contributed by atoms with van der Waals surface area (Å²) in [6.45, 7) is 1.04. The molecule has 3 atom stereocenters. The third-order valence-corrected chi connectivity index (χ3v) is 6.95. The van der Waals surface area contributed by atoms with E-state index in [1.54, 1.807) is 4.90 Å². The summed E-state index contributed by atoms with van der Waals surface area (Å²) >= 11 is 0. The molecule has 0 saturated carbocycles. The molecule has 1 aliphatic rings. The van der Waals surface area contributed by atoms with Gasteiger partial charge in [-0.3, -0.25) is 9.88 Å². The van der Waals surface area contributed by atoms with Crippen LogP contribution in [-0.2, 0) is 32.9 Å². The number of benzene rings is 2. The van der Waals surface area contributed by atoms with Gasteiger partial charge in [0.2, 0.25) is 0 Å². The predicted molar refractivity (Wildman–Crippen MR) is 126 cm³/mol. The smallest absolute Gasteiger partial charge is 0.349 e. The van der Waals surface area contributed by atoms with E-state index in [0.717, 1.165) is 12.1 Å². The number of aromatic amines is 1. The van der Waals surface area contributed by atoms with Crippen LogP contribution in [0.5, 0.6) is 0 Å². The van der Waals surface area contributed by atoms with Gasteiger partial charge < -0.3 is 19.3 Å². The number of H-pyrrole nitrogens is 1. The maximum atomic E-state index is 13.7. The van der Waals surface area contributed by atoms with Gasteiger partial charge in [-0.2, -0.15) is 26.3 Å². The van der Waals surface area contributed by atoms with Gasteiger partial charge in [-0.25, -0.2) is 13.8 Å². The van der Waals surface area contributed by atoms with Gasteiger partial charge in [0.25, 0.3) is 0 Å². The topological polar surface area (TPSA) is 130 Å². The van der Waals surface area contributed by atoms with Gasteiger partial charge in [0.05, 0.1) is 36.4 Å². The zero-order valence-electron chi connectivity index (χ0n) is 20.9. The average Bonchev–Trinajstić information content (AvgIpc) is 3.24. The summed E-state index contributed by atoms with van der Waals surface area (Å²) in [4.78, 5) is 34.3. The molecule has 0 amide bonds. The van der Waals surface area contributed by atoms with Crippen LogP contribution in [0, 0.1) is 5.82 Å². The van der Waals surface area contributed by atoms with Gasteiger partial charge in [-0.15, -0.1) is 9.55 Å². The Bertz CT molecular complexity index is 1450. The SMILES string of the molecule is CC(OC1OCCN(Cc2nn(P(=O)(O)O)c(=O)[nH]2)C1c1ccc(F)cc1)c1cc(C(F)(F)F)cc(C(F)(F)F)c1. The van der Waals surface area contributed by atoms with Crippen molar-refractivity contribution in [3.05, 3.63) is 86.8 Å². The minimum Gasteiger partial charge on any atom is -0.349 e. The van der Waals surface area contributed by atoms with Gasteiger partial charge in [-0.05, 0) is 48.4 Å². The van der Waals surface area contributed by atoms with E-state index < -0.39 is 66.7 Å². The molecular weight excluding hydrogens is 592 g/mol. The van der Waals surface area contributed by atoms with Crippen molar-refractivity contribution < 1.29 is 54.6 Å². The van der Waals surface area contributed by atoms with Crippen LogP contribution in [-0.4, -0.2) is 48.7 Å². The molecule has 3 aromatic rings. The molecule has 2 aromatic carbocycles. The molecule has 0 radical (unpaired) electrons. The summed E-state index contributed by atoms with van der Waals surface area (Å²) in [5, 5.41) is 3.61. The number of hydrogen-bond acceptors (Lipinski definition) is 6. The average molecular weight is 614 g/mol. The Balaban J connectivity index is 1.68. The summed E-state index contributed by atoms with van der Waals surface area (Å²) in [5.41, 5.74) is -4.31. The quantitative estimate of drug-likeness (QED) is 0.265. The highest BCUT2D eigenvalue weighted by Crippen LogP contribution is 2.40. The number of nitrogens with zero attached hydrogens (tertiary/aromatic N) is 3. The molecule has 0 aliphatic carbocycles. The molecule has 0 spiro atoms. The Kier molecular flexibility index (Phi) is 8.51. The van der Waals surface area contributed by atoms with E-state index in [4.69, 9.17) is 9.47 Å². The van der Waals surface area contributed by atoms with Gasteiger partial charge in [0, 0.05) is 6.54 Å². The minimum atomic E-state index is -5.07. The van der Waals surface area contributed by atoms with E-state index in [1.807, 2.05) is 0 Å². The van der Waals surface area contributed by atoms with E-state index in [2.05, 4.69) is 10.1 Å². The lowest BCUT2D eigenvalue weighted by Gasteiger charge is -2.41. The van der Waals surface area contributed by atoms with Crippen LogP contribution in [0.4, 0.5) is 30.7 Å². The van der Waals surface area contributed by atoms with E-state index in [1.165, 1.54) is 19.1 Å². The van der Waals surface area contributed by atoms with Crippen molar-refractivity contribution in [1.29, 1.82) is 0 Å². The molecule has 1 aromatic heterocycles. The van der Waals surface area contributed by atoms with Crippen LogP contribution in [0.15, 0.2) is 47.3 Å². The number of aromatic nitrogens is 3. The van der Waals surface area contributed by atoms with Crippen molar-refractivity contribution in [2.45, 2.75) is 44.3 Å². The van der Waals surface area contributed by atoms with Gasteiger partial charge >= 0.3 is 25.8 Å². The third kappa shape index (κ3) is 7.23. The molecule has 2 heterocycles. The van der Waals surface area contributed by atoms with Crippen molar-refractivity contribution in [3.63, 3.8) is 0 Å². The highest BCUT2D eigenvalue weighted by atomic mass is 31.2. The van der Waals surface area contributed by atoms with Gasteiger partial charge in [0.15, 0.2) is 6.29 Å². The molecule has 1 fully saturated rings. The Morgan fingerprint density at radius 1 is 1.10 bits per heavy atom. The molecule has 4 rings (SSSR count). The normalized spacial score (nSPS) is 19.9. The summed E-state index contributed by atoms with van der Waals surface area (Å²) < 4.78 is 117. The first-order valence-corrected chi connectivity index (χ1v) is 13.3. The fraction of sp³-hybridized carbons (Fsp3) is 0.391.